The predicted molar refractivity (Wildman–Crippen MR) is 75.8 cm³/mol. The Morgan fingerprint density at radius 1 is 1.39 bits per heavy atom. The molecular weight excluding hydrogens is 316 g/mol. The quantitative estimate of drug-likeness (QED) is 0.846. The van der Waals surface area contributed by atoms with E-state index >= 15 is 0 Å². The van der Waals surface area contributed by atoms with Crippen LogP contribution in [0, 0.1) is 0 Å². The molecule has 0 atom stereocenters. The topological polar surface area (TPSA) is 63.4 Å². The lowest BCUT2D eigenvalue weighted by Crippen LogP contribution is -2.42. The van der Waals surface area contributed by atoms with E-state index in [0.29, 0.717) is 16.7 Å². The average molecular weight is 333 g/mol. The molecule has 1 aromatic carbocycles. The van der Waals surface area contributed by atoms with E-state index < -0.39 is 10.0 Å². The summed E-state index contributed by atoms with van der Waals surface area (Å²) in [6.45, 7) is 4.50. The van der Waals surface area contributed by atoms with Gasteiger partial charge in [0.2, 0.25) is 10.0 Å². The number of anilines is 1. The van der Waals surface area contributed by atoms with Gasteiger partial charge >= 0.3 is 0 Å². The van der Waals surface area contributed by atoms with Crippen molar-refractivity contribution in [3.05, 3.63) is 22.7 Å². The zero-order chi connectivity index (χ0) is 13.6. The minimum absolute atomic E-state index is 0.284. The van der Waals surface area contributed by atoms with Crippen molar-refractivity contribution in [2.75, 3.05) is 12.3 Å². The Kier molecular flexibility index (Phi) is 3.46. The SMILES string of the molecule is CC1(C)CCCN1S(=O)(=O)c1ccc(N)cc1Br. The van der Waals surface area contributed by atoms with E-state index in [2.05, 4.69) is 15.9 Å². The first-order valence-electron chi connectivity index (χ1n) is 5.83. The molecule has 0 spiro atoms. The summed E-state index contributed by atoms with van der Waals surface area (Å²) in [6.07, 6.45) is 1.79. The van der Waals surface area contributed by atoms with Gasteiger partial charge < -0.3 is 5.73 Å². The first-order chi connectivity index (χ1) is 8.25. The summed E-state index contributed by atoms with van der Waals surface area (Å²) in [7, 11) is -3.46. The summed E-state index contributed by atoms with van der Waals surface area (Å²) in [4.78, 5) is 0.284. The zero-order valence-corrected chi connectivity index (χ0v) is 12.9. The molecule has 2 rings (SSSR count). The Balaban J connectivity index is 2.49. The first-order valence-corrected chi connectivity index (χ1v) is 8.06. The van der Waals surface area contributed by atoms with Gasteiger partial charge in [-0.1, -0.05) is 0 Å². The molecule has 1 aliphatic heterocycles. The fourth-order valence-corrected chi connectivity index (χ4v) is 5.28. The van der Waals surface area contributed by atoms with Crippen molar-refractivity contribution in [2.45, 2.75) is 37.1 Å². The molecule has 4 nitrogen and oxygen atoms in total. The van der Waals surface area contributed by atoms with Crippen LogP contribution in [0.4, 0.5) is 5.69 Å². The van der Waals surface area contributed by atoms with Gasteiger partial charge in [0, 0.05) is 22.2 Å². The minimum atomic E-state index is -3.46. The molecule has 0 amide bonds. The molecule has 0 aliphatic carbocycles. The second-order valence-corrected chi connectivity index (χ2v) is 7.87. The van der Waals surface area contributed by atoms with E-state index in [9.17, 15) is 8.42 Å². The van der Waals surface area contributed by atoms with Gasteiger partial charge in [-0.3, -0.25) is 0 Å². The lowest BCUT2D eigenvalue weighted by molar-refractivity contribution is 0.291. The average Bonchev–Trinajstić information content (AvgIpc) is 2.58. The van der Waals surface area contributed by atoms with Gasteiger partial charge in [-0.05, 0) is 60.8 Å². The van der Waals surface area contributed by atoms with Crippen molar-refractivity contribution in [3.63, 3.8) is 0 Å². The fourth-order valence-electron chi connectivity index (χ4n) is 2.37. The third kappa shape index (κ3) is 2.29. The maximum Gasteiger partial charge on any atom is 0.244 e. The highest BCUT2D eigenvalue weighted by Crippen LogP contribution is 2.36. The number of hydrogen-bond donors (Lipinski definition) is 1. The van der Waals surface area contributed by atoms with Gasteiger partial charge in [0.1, 0.15) is 0 Å². The number of hydrogen-bond acceptors (Lipinski definition) is 3. The number of sulfonamides is 1. The molecule has 1 fully saturated rings. The molecule has 18 heavy (non-hydrogen) atoms. The molecule has 0 radical (unpaired) electrons. The highest BCUT2D eigenvalue weighted by Gasteiger charge is 2.41. The van der Waals surface area contributed by atoms with Crippen LogP contribution >= 0.6 is 15.9 Å². The van der Waals surface area contributed by atoms with Crippen LogP contribution in [0.3, 0.4) is 0 Å². The van der Waals surface area contributed by atoms with Crippen LogP contribution in [-0.2, 0) is 10.0 Å². The van der Waals surface area contributed by atoms with Crippen molar-refractivity contribution in [1.29, 1.82) is 0 Å². The Morgan fingerprint density at radius 3 is 2.56 bits per heavy atom. The van der Waals surface area contributed by atoms with Crippen molar-refractivity contribution in [1.82, 2.24) is 4.31 Å². The van der Waals surface area contributed by atoms with Gasteiger partial charge in [-0.25, -0.2) is 8.42 Å². The second-order valence-electron chi connectivity index (χ2n) is 5.18. The zero-order valence-electron chi connectivity index (χ0n) is 10.5. The monoisotopic (exact) mass is 332 g/mol. The van der Waals surface area contributed by atoms with Crippen molar-refractivity contribution >= 4 is 31.6 Å². The third-order valence-corrected chi connectivity index (χ3v) is 6.44. The molecule has 0 aromatic heterocycles. The molecule has 0 saturated carbocycles. The molecule has 1 aliphatic rings. The molecule has 1 heterocycles. The Hall–Kier alpha value is -0.590. The molecule has 6 heteroatoms. The number of nitrogens with two attached hydrogens (primary N) is 1. The smallest absolute Gasteiger partial charge is 0.244 e. The first kappa shape index (κ1) is 13.8. The van der Waals surface area contributed by atoms with Crippen LogP contribution in [-0.4, -0.2) is 24.8 Å². The summed E-state index contributed by atoms with van der Waals surface area (Å²) in [5.74, 6) is 0. The fraction of sp³-hybridized carbons (Fsp3) is 0.500. The predicted octanol–water partition coefficient (Wildman–Crippen LogP) is 2.59. The van der Waals surface area contributed by atoms with E-state index in [-0.39, 0.29) is 10.4 Å². The normalized spacial score (nSPS) is 20.2. The molecule has 1 aromatic rings. The Labute approximate surface area is 116 Å². The summed E-state index contributed by atoms with van der Waals surface area (Å²) in [6, 6.07) is 4.79. The number of nitrogens with zero attached hydrogens (tertiary/aromatic N) is 1. The van der Waals surface area contributed by atoms with E-state index in [1.807, 2.05) is 13.8 Å². The van der Waals surface area contributed by atoms with E-state index in [0.717, 1.165) is 12.8 Å². The van der Waals surface area contributed by atoms with Crippen LogP contribution in [0.5, 0.6) is 0 Å². The standard InChI is InChI=1S/C12H17BrN2O2S/c1-12(2)6-3-7-15(12)18(16,17)11-5-4-9(14)8-10(11)13/h4-5,8H,3,6-7,14H2,1-2H3. The lowest BCUT2D eigenvalue weighted by Gasteiger charge is -2.30. The van der Waals surface area contributed by atoms with Gasteiger partial charge in [-0.2, -0.15) is 4.31 Å². The van der Waals surface area contributed by atoms with Crippen molar-refractivity contribution in [2.24, 2.45) is 0 Å². The van der Waals surface area contributed by atoms with Crippen LogP contribution < -0.4 is 5.73 Å². The number of halogens is 1. The number of rotatable bonds is 2. The third-order valence-electron chi connectivity index (χ3n) is 3.35. The van der Waals surface area contributed by atoms with Gasteiger partial charge in [0.15, 0.2) is 0 Å². The van der Waals surface area contributed by atoms with Crippen molar-refractivity contribution in [3.8, 4) is 0 Å². The summed E-state index contributed by atoms with van der Waals surface area (Å²) < 4.78 is 27.4. The maximum absolute atomic E-state index is 12.6. The Bertz CT molecular complexity index is 569. The molecule has 0 bridgehead atoms. The van der Waals surface area contributed by atoms with Crippen LogP contribution in [0.15, 0.2) is 27.6 Å². The summed E-state index contributed by atoms with van der Waals surface area (Å²) >= 11 is 3.28. The highest BCUT2D eigenvalue weighted by molar-refractivity contribution is 9.10. The molecule has 0 unspecified atom stereocenters. The minimum Gasteiger partial charge on any atom is -0.399 e. The van der Waals surface area contributed by atoms with Gasteiger partial charge in [0.25, 0.3) is 0 Å². The van der Waals surface area contributed by atoms with E-state index in [4.69, 9.17) is 5.73 Å². The second kappa shape index (κ2) is 4.51. The maximum atomic E-state index is 12.6. The highest BCUT2D eigenvalue weighted by atomic mass is 79.9. The summed E-state index contributed by atoms with van der Waals surface area (Å²) in [5.41, 5.74) is 5.86. The molecule has 100 valence electrons. The number of benzene rings is 1. The largest absolute Gasteiger partial charge is 0.399 e. The van der Waals surface area contributed by atoms with Gasteiger partial charge in [0.05, 0.1) is 4.90 Å². The molecule has 2 N–H and O–H groups in total. The molecular formula is C12H17BrN2O2S. The van der Waals surface area contributed by atoms with Gasteiger partial charge in [-0.15, -0.1) is 0 Å². The summed E-state index contributed by atoms with van der Waals surface area (Å²) in [5, 5.41) is 0. The van der Waals surface area contributed by atoms with E-state index in [1.165, 1.54) is 0 Å². The molecule has 1 saturated heterocycles. The number of nitrogen functional groups attached to an aromatic ring is 1. The van der Waals surface area contributed by atoms with Crippen LogP contribution in [0.25, 0.3) is 0 Å². The van der Waals surface area contributed by atoms with E-state index in [1.54, 1.807) is 22.5 Å². The lowest BCUT2D eigenvalue weighted by atomic mass is 10.0. The Morgan fingerprint density at radius 2 is 2.06 bits per heavy atom. The van der Waals surface area contributed by atoms with Crippen molar-refractivity contribution < 1.29 is 8.42 Å². The van der Waals surface area contributed by atoms with Crippen LogP contribution in [0.2, 0.25) is 0 Å². The van der Waals surface area contributed by atoms with Crippen LogP contribution in [0.1, 0.15) is 26.7 Å².